The molecule has 0 radical (unpaired) electrons. The molecular formula is C75H59N3O9. The van der Waals surface area contributed by atoms with Crippen LogP contribution < -0.4 is 4.74 Å². The third-order valence-corrected chi connectivity index (χ3v) is 18.0. The molecule has 0 aliphatic heterocycles. The number of carbonyl (C=O) groups is 3. The number of carboxylic acids is 1. The van der Waals surface area contributed by atoms with Gasteiger partial charge in [0, 0.05) is 49.0 Å². The van der Waals surface area contributed by atoms with Crippen molar-refractivity contribution in [2.45, 2.75) is 98.0 Å². The predicted octanol–water partition coefficient (Wildman–Crippen LogP) is 18.8. The Kier molecular flexibility index (Phi) is 12.8. The maximum atomic E-state index is 15.2. The lowest BCUT2D eigenvalue weighted by atomic mass is 9.80. The minimum absolute atomic E-state index is 0.104. The molecule has 2 aliphatic carbocycles. The van der Waals surface area contributed by atoms with Crippen molar-refractivity contribution in [2.75, 3.05) is 0 Å². The minimum Gasteiger partial charge on any atom is -0.478 e. The van der Waals surface area contributed by atoms with Gasteiger partial charge in [0.15, 0.2) is 17.3 Å². The molecule has 15 rings (SSSR count). The Bertz CT molecular complexity index is 5080. The maximum Gasteiger partial charge on any atom is 0.344 e. The van der Waals surface area contributed by atoms with Gasteiger partial charge in [-0.25, -0.2) is 29.3 Å². The molecule has 2 unspecified atom stereocenters. The van der Waals surface area contributed by atoms with Crippen LogP contribution in [0.1, 0.15) is 126 Å². The van der Waals surface area contributed by atoms with Crippen molar-refractivity contribution in [2.24, 2.45) is 0 Å². The Balaban J connectivity index is 0.779. The van der Waals surface area contributed by atoms with Gasteiger partial charge in [-0.1, -0.05) is 103 Å². The van der Waals surface area contributed by atoms with Gasteiger partial charge in [0.1, 0.15) is 45.7 Å². The molecule has 87 heavy (non-hydrogen) atoms. The molecule has 2 fully saturated rings. The highest BCUT2D eigenvalue weighted by atomic mass is 16.5. The molecule has 0 bridgehead atoms. The van der Waals surface area contributed by atoms with E-state index in [1.165, 1.54) is 0 Å². The summed E-state index contributed by atoms with van der Waals surface area (Å²) in [6, 6.07) is 48.1. The van der Waals surface area contributed by atoms with Crippen molar-refractivity contribution in [3.05, 3.63) is 213 Å². The summed E-state index contributed by atoms with van der Waals surface area (Å²) in [7, 11) is 0. The number of carboxylic acid groups (broad SMARTS) is 1. The van der Waals surface area contributed by atoms with Gasteiger partial charge < -0.3 is 27.8 Å². The van der Waals surface area contributed by atoms with Crippen LogP contribution in [0.5, 0.6) is 5.75 Å². The zero-order valence-corrected chi connectivity index (χ0v) is 49.0. The van der Waals surface area contributed by atoms with E-state index in [1.54, 1.807) is 24.3 Å². The van der Waals surface area contributed by atoms with Gasteiger partial charge in [-0.15, -0.1) is 0 Å². The van der Waals surface area contributed by atoms with Crippen LogP contribution in [-0.4, -0.2) is 44.1 Å². The van der Waals surface area contributed by atoms with Gasteiger partial charge in [0.25, 0.3) is 0 Å². The van der Waals surface area contributed by atoms with E-state index in [9.17, 15) is 9.90 Å². The number of para-hydroxylation sites is 3. The largest absolute Gasteiger partial charge is 0.478 e. The van der Waals surface area contributed by atoms with Crippen molar-refractivity contribution in [1.82, 2.24) is 15.0 Å². The summed E-state index contributed by atoms with van der Waals surface area (Å²) in [5, 5.41) is 15.3. The molecule has 6 aromatic heterocycles. The lowest BCUT2D eigenvalue weighted by molar-refractivity contribution is 0.0189. The zero-order chi connectivity index (χ0) is 59.5. The number of aromatic nitrogens is 3. The van der Waals surface area contributed by atoms with Crippen LogP contribution in [0.15, 0.2) is 165 Å². The molecule has 1 N–H and O–H groups in total. The second-order valence-corrected chi connectivity index (χ2v) is 23.8. The van der Waals surface area contributed by atoms with Gasteiger partial charge in [-0.2, -0.15) is 0 Å². The number of hydrogen-bond acceptors (Lipinski definition) is 11. The van der Waals surface area contributed by atoms with Crippen LogP contribution in [0.2, 0.25) is 0 Å². The molecule has 12 nitrogen and oxygen atoms in total. The monoisotopic (exact) mass is 1150 g/mol. The summed E-state index contributed by atoms with van der Waals surface area (Å²) >= 11 is 0. The highest BCUT2D eigenvalue weighted by Gasteiger charge is 2.36. The first-order valence-corrected chi connectivity index (χ1v) is 29.8. The number of benzene rings is 7. The molecule has 7 aromatic carbocycles. The number of pyridine rings is 3. The van der Waals surface area contributed by atoms with E-state index in [1.807, 2.05) is 151 Å². The van der Waals surface area contributed by atoms with Gasteiger partial charge in [-0.3, -0.25) is 0 Å². The SMILES string of the molecule is Cc1ccc(C)c2c(C(=O)O)cc(-c3oc4ccccc4c3-c3cccc(OC(=O)c4cc(-c5oc6ccccc6c5C5CCCC(OC(=O)c6cc(-c7oc8ccccc8c7C7CC7)nc7c(C)ccc(C)c67)C5)nc5c(C)ccc(C)c45)c3)nc12. The second kappa shape index (κ2) is 20.8. The first-order chi connectivity index (χ1) is 42.2. The van der Waals surface area contributed by atoms with Crippen molar-refractivity contribution < 1.29 is 42.2 Å². The quantitative estimate of drug-likeness (QED) is 0.0963. The van der Waals surface area contributed by atoms with Gasteiger partial charge in [0.2, 0.25) is 0 Å². The van der Waals surface area contributed by atoms with E-state index in [4.69, 9.17) is 37.7 Å². The molecular weight excluding hydrogens is 1090 g/mol. The number of ether oxygens (including phenoxy) is 2. The first kappa shape index (κ1) is 53.5. The van der Waals surface area contributed by atoms with Crippen molar-refractivity contribution >= 4 is 83.5 Å². The van der Waals surface area contributed by atoms with Gasteiger partial charge >= 0.3 is 17.9 Å². The Labute approximate surface area is 500 Å². The zero-order valence-electron chi connectivity index (χ0n) is 49.0. The standard InChI is InChI=1S/C75H59N3O9/c1-38-25-28-41(4)67-61(38)52(73(79)80)35-55(76-67)71-65(50-20-8-11-23-59(50)86-71)45-15-13-17-47(33-45)84-75(82)54-37-57(78-69-43(6)30-27-40(3)63(54)69)72-66(51-21-9-12-24-60(51)87-72)46-16-14-18-48(34-46)83-74(81)53-36-56(77-68-42(5)29-26-39(2)62(53)68)70-64(44-31-32-44)49-19-7-10-22-58(49)85-70/h7-13,15,17,19-30,33,35-37,44,46,48H,14,16,18,31-32,34H2,1-6H3,(H,79,80). The molecule has 0 spiro atoms. The summed E-state index contributed by atoms with van der Waals surface area (Å²) in [5.74, 6) is 0.111. The van der Waals surface area contributed by atoms with E-state index < -0.39 is 24.0 Å². The predicted molar refractivity (Wildman–Crippen MR) is 339 cm³/mol. The Morgan fingerprint density at radius 1 is 0.460 bits per heavy atom. The van der Waals surface area contributed by atoms with E-state index in [0.29, 0.717) is 108 Å². The minimum atomic E-state index is -1.07. The fourth-order valence-electron chi connectivity index (χ4n) is 13.6. The maximum absolute atomic E-state index is 15.2. The van der Waals surface area contributed by atoms with Crippen LogP contribution in [0.4, 0.5) is 0 Å². The van der Waals surface area contributed by atoms with Crippen molar-refractivity contribution in [3.8, 4) is 51.2 Å². The van der Waals surface area contributed by atoms with Crippen LogP contribution in [0, 0.1) is 41.5 Å². The highest BCUT2D eigenvalue weighted by Crippen LogP contribution is 2.51. The molecule has 2 aliphatic rings. The van der Waals surface area contributed by atoms with Crippen LogP contribution in [-0.2, 0) is 4.74 Å². The smallest absolute Gasteiger partial charge is 0.344 e. The summed E-state index contributed by atoms with van der Waals surface area (Å²) in [4.78, 5) is 58.7. The molecule has 0 amide bonds. The molecule has 2 atom stereocenters. The number of aromatic carboxylic acids is 1. The lowest BCUT2D eigenvalue weighted by Crippen LogP contribution is -2.25. The number of esters is 2. The van der Waals surface area contributed by atoms with E-state index in [2.05, 4.69) is 18.2 Å². The number of nitrogens with zero attached hydrogens (tertiary/aromatic N) is 3. The second-order valence-electron chi connectivity index (χ2n) is 23.8. The molecule has 13 aromatic rings. The summed E-state index contributed by atoms with van der Waals surface area (Å²) in [5.41, 5.74) is 15.1. The molecule has 12 heteroatoms. The summed E-state index contributed by atoms with van der Waals surface area (Å²) in [6.07, 6.45) is 4.56. The van der Waals surface area contributed by atoms with Crippen LogP contribution in [0.25, 0.3) is 111 Å². The fourth-order valence-corrected chi connectivity index (χ4v) is 13.6. The number of rotatable bonds is 11. The van der Waals surface area contributed by atoms with Crippen molar-refractivity contribution in [1.29, 1.82) is 0 Å². The fraction of sp³-hybridized carbons (Fsp3) is 0.200. The van der Waals surface area contributed by atoms with Crippen LogP contribution >= 0.6 is 0 Å². The average Bonchev–Trinajstić information content (AvgIpc) is 2.01. The van der Waals surface area contributed by atoms with Gasteiger partial charge in [0.05, 0.1) is 33.2 Å². The van der Waals surface area contributed by atoms with E-state index >= 15 is 9.59 Å². The Morgan fingerprint density at radius 3 is 1.47 bits per heavy atom. The third kappa shape index (κ3) is 9.12. The van der Waals surface area contributed by atoms with Crippen LogP contribution in [0.3, 0.4) is 0 Å². The first-order valence-electron chi connectivity index (χ1n) is 29.8. The molecule has 428 valence electrons. The number of furan rings is 3. The van der Waals surface area contributed by atoms with E-state index in [-0.39, 0.29) is 17.2 Å². The average molecular weight is 1150 g/mol. The molecule has 0 saturated heterocycles. The van der Waals surface area contributed by atoms with Gasteiger partial charge in [-0.05, 0) is 179 Å². The summed E-state index contributed by atoms with van der Waals surface area (Å²) in [6.45, 7) is 11.8. The number of aryl methyl sites for hydroxylation is 6. The molecule has 6 heterocycles. The van der Waals surface area contributed by atoms with Crippen molar-refractivity contribution in [3.63, 3.8) is 0 Å². The van der Waals surface area contributed by atoms with E-state index in [0.717, 1.165) is 103 Å². The number of hydrogen-bond donors (Lipinski definition) is 1. The molecule has 2 saturated carbocycles. The Morgan fingerprint density at radius 2 is 0.920 bits per heavy atom. The third-order valence-electron chi connectivity index (χ3n) is 18.0. The lowest BCUT2D eigenvalue weighted by Gasteiger charge is -2.29. The highest BCUT2D eigenvalue weighted by molar-refractivity contribution is 6.10. The topological polar surface area (TPSA) is 168 Å². The number of carbonyl (C=O) groups excluding carboxylic acids is 2. The normalized spacial score (nSPS) is 15.3. The Hall–Kier alpha value is -10.2. The number of fused-ring (bicyclic) bond motifs is 6. The summed E-state index contributed by atoms with van der Waals surface area (Å²) < 4.78 is 33.2.